The lowest BCUT2D eigenvalue weighted by molar-refractivity contribution is -0.870. The quantitative estimate of drug-likeness (QED) is 0.0211. The first kappa shape index (κ1) is 79.2. The first-order chi connectivity index (χ1) is 40.0. The number of hydrogen-bond acceptors (Lipinski definition) is 7. The minimum absolute atomic E-state index is 0.0268. The lowest BCUT2D eigenvalue weighted by atomic mass is 10.0. The maximum atomic E-state index is 12.8. The summed E-state index contributed by atoms with van der Waals surface area (Å²) in [6.07, 6.45) is 85.6. The Kier molecular flexibility index (Phi) is 60.6. The van der Waals surface area contributed by atoms with Gasteiger partial charge in [-0.3, -0.25) is 18.6 Å². The summed E-state index contributed by atoms with van der Waals surface area (Å²) in [6, 6.07) is 0. The monoisotopic (exact) mass is 1170 g/mol. The second-order valence-electron chi connectivity index (χ2n) is 24.2. The number of phosphoric ester groups is 1. The molecule has 0 radical (unpaired) electrons. The fraction of sp³-hybridized carbons (Fsp3) is 0.778. The molecule has 0 saturated carbocycles. The summed E-state index contributed by atoms with van der Waals surface area (Å²) in [5, 5.41) is 0. The van der Waals surface area contributed by atoms with Crippen LogP contribution in [0.4, 0.5) is 0 Å². The van der Waals surface area contributed by atoms with Crippen LogP contribution >= 0.6 is 7.82 Å². The first-order valence-electron chi connectivity index (χ1n) is 34.3. The Labute approximate surface area is 507 Å². The SMILES string of the molecule is CC/C=C\C/C=C\C/C=C\C/C=C\CCCCCCCCC(=O)OC(COC(=O)CCCCCCCCCCCCCCCCCCCCCCCCCC/C=C\C/C=C\C/C=C\CCCCCCC)COP(=O)(O)OCC[N+](C)(C)C. The van der Waals surface area contributed by atoms with Gasteiger partial charge in [-0.1, -0.05) is 292 Å². The zero-order chi connectivity index (χ0) is 59.8. The molecule has 2 unspecified atom stereocenters. The third-order valence-corrected chi connectivity index (χ3v) is 15.9. The van der Waals surface area contributed by atoms with Crippen LogP contribution in [0.15, 0.2) is 85.1 Å². The lowest BCUT2D eigenvalue weighted by Gasteiger charge is -2.24. The number of unbranched alkanes of at least 4 members (excludes halogenated alkanes) is 35. The number of nitrogens with zero attached hydrogens (tertiary/aromatic N) is 1. The molecule has 476 valence electrons. The molecule has 0 fully saturated rings. The summed E-state index contributed by atoms with van der Waals surface area (Å²) in [5.74, 6) is -0.806. The lowest BCUT2D eigenvalue weighted by Crippen LogP contribution is -2.37. The summed E-state index contributed by atoms with van der Waals surface area (Å²) < 4.78 is 34.6. The minimum Gasteiger partial charge on any atom is -0.462 e. The van der Waals surface area contributed by atoms with Gasteiger partial charge in [-0.2, -0.15) is 0 Å². The van der Waals surface area contributed by atoms with Gasteiger partial charge in [-0.25, -0.2) is 4.57 Å². The molecule has 0 heterocycles. The third-order valence-electron chi connectivity index (χ3n) is 14.9. The Bertz CT molecular complexity index is 1660. The van der Waals surface area contributed by atoms with Gasteiger partial charge < -0.3 is 18.9 Å². The second-order valence-corrected chi connectivity index (χ2v) is 25.6. The van der Waals surface area contributed by atoms with Crippen molar-refractivity contribution in [2.24, 2.45) is 0 Å². The highest BCUT2D eigenvalue weighted by Crippen LogP contribution is 2.43. The van der Waals surface area contributed by atoms with E-state index in [-0.39, 0.29) is 32.0 Å². The summed E-state index contributed by atoms with van der Waals surface area (Å²) in [7, 11) is 1.47. The van der Waals surface area contributed by atoms with Gasteiger partial charge in [0.05, 0.1) is 27.7 Å². The molecule has 0 amide bonds. The molecule has 0 aromatic heterocycles. The number of phosphoric acid groups is 1. The molecule has 0 aliphatic heterocycles. The average molecular weight is 1170 g/mol. The van der Waals surface area contributed by atoms with Crippen LogP contribution in [0.5, 0.6) is 0 Å². The molecule has 1 N–H and O–H groups in total. The van der Waals surface area contributed by atoms with Crippen LogP contribution in [0.25, 0.3) is 0 Å². The largest absolute Gasteiger partial charge is 0.472 e. The Hall–Kier alpha value is -2.81. The van der Waals surface area contributed by atoms with Gasteiger partial charge >= 0.3 is 19.8 Å². The maximum absolute atomic E-state index is 12.8. The maximum Gasteiger partial charge on any atom is 0.472 e. The molecule has 0 saturated heterocycles. The number of carbonyl (C=O) groups excluding carboxylic acids is 2. The second kappa shape index (κ2) is 62.7. The molecule has 9 nitrogen and oxygen atoms in total. The highest BCUT2D eigenvalue weighted by Gasteiger charge is 2.27. The average Bonchev–Trinajstić information content (AvgIpc) is 3.46. The number of esters is 2. The Morgan fingerprint density at radius 1 is 0.390 bits per heavy atom. The predicted octanol–water partition coefficient (Wildman–Crippen LogP) is 22.2. The standard InChI is InChI=1S/C72H130NO8P/c1-6-8-10-12-14-16-18-20-22-24-26-27-28-29-30-31-32-33-34-35-36-37-38-39-40-41-42-43-44-45-47-48-50-52-54-56-58-60-62-64-71(74)78-68-70(69-80-82(76,77)79-67-66-73(3,4)5)81-72(75)65-63-61-59-57-55-53-51-49-46-25-23-21-19-17-15-13-11-9-7-2/h9,11,15,17-18,20-21,23-24,26,28-29,46,49,70H,6-8,10,12-14,16,19,22,25,27,30-45,47-48,50-69H2,1-5H3/p+1/b11-9-,17-15-,20-18-,23-21-,26-24-,29-28-,49-46-. The van der Waals surface area contributed by atoms with Crippen LogP contribution in [0.2, 0.25) is 0 Å². The van der Waals surface area contributed by atoms with Crippen molar-refractivity contribution in [3.8, 4) is 0 Å². The Morgan fingerprint density at radius 2 is 0.695 bits per heavy atom. The zero-order valence-electron chi connectivity index (χ0n) is 54.2. The van der Waals surface area contributed by atoms with Gasteiger partial charge in [0, 0.05) is 12.8 Å². The van der Waals surface area contributed by atoms with Gasteiger partial charge in [0.25, 0.3) is 0 Å². The molecule has 0 aromatic rings. The van der Waals surface area contributed by atoms with Crippen LogP contribution in [0.3, 0.4) is 0 Å². The van der Waals surface area contributed by atoms with Crippen molar-refractivity contribution in [1.82, 2.24) is 0 Å². The topological polar surface area (TPSA) is 108 Å². The van der Waals surface area contributed by atoms with Crippen molar-refractivity contribution in [3.63, 3.8) is 0 Å². The molecule has 0 rings (SSSR count). The number of likely N-dealkylation sites (N-methyl/N-ethyl adjacent to an activating group) is 1. The van der Waals surface area contributed by atoms with Crippen molar-refractivity contribution in [2.75, 3.05) is 47.5 Å². The summed E-state index contributed by atoms with van der Waals surface area (Å²) >= 11 is 0. The van der Waals surface area contributed by atoms with Crippen molar-refractivity contribution in [2.45, 2.75) is 315 Å². The van der Waals surface area contributed by atoms with E-state index in [1.54, 1.807) is 0 Å². The number of hydrogen-bond donors (Lipinski definition) is 1. The molecule has 0 aromatic carbocycles. The summed E-state index contributed by atoms with van der Waals surface area (Å²) in [5.41, 5.74) is 0. The van der Waals surface area contributed by atoms with E-state index in [0.717, 1.165) is 96.3 Å². The van der Waals surface area contributed by atoms with E-state index >= 15 is 0 Å². The highest BCUT2D eigenvalue weighted by molar-refractivity contribution is 7.47. The minimum atomic E-state index is -4.40. The van der Waals surface area contributed by atoms with Crippen molar-refractivity contribution in [1.29, 1.82) is 0 Å². The van der Waals surface area contributed by atoms with Crippen molar-refractivity contribution in [3.05, 3.63) is 85.1 Å². The van der Waals surface area contributed by atoms with Gasteiger partial charge in [-0.05, 0) is 89.9 Å². The van der Waals surface area contributed by atoms with E-state index < -0.39 is 26.5 Å². The highest BCUT2D eigenvalue weighted by atomic mass is 31.2. The molecule has 0 aliphatic rings. The first-order valence-corrected chi connectivity index (χ1v) is 35.8. The normalized spacial score (nSPS) is 13.7. The third kappa shape index (κ3) is 66.3. The van der Waals surface area contributed by atoms with E-state index in [1.807, 2.05) is 21.1 Å². The van der Waals surface area contributed by atoms with Crippen LogP contribution in [0.1, 0.15) is 309 Å². The molecule has 10 heteroatoms. The van der Waals surface area contributed by atoms with Gasteiger partial charge in [-0.15, -0.1) is 0 Å². The van der Waals surface area contributed by atoms with Gasteiger partial charge in [0.1, 0.15) is 19.8 Å². The van der Waals surface area contributed by atoms with E-state index in [1.165, 1.54) is 180 Å². The van der Waals surface area contributed by atoms with Crippen LogP contribution in [0, 0.1) is 0 Å². The molecule has 82 heavy (non-hydrogen) atoms. The number of allylic oxidation sites excluding steroid dienone is 14. The van der Waals surface area contributed by atoms with Crippen molar-refractivity contribution < 1.29 is 42.1 Å². The Balaban J connectivity index is 3.94. The van der Waals surface area contributed by atoms with Gasteiger partial charge in [0.2, 0.25) is 0 Å². The smallest absolute Gasteiger partial charge is 0.462 e. The molecule has 0 bridgehead atoms. The number of carbonyl (C=O) groups is 2. The van der Waals surface area contributed by atoms with E-state index in [2.05, 4.69) is 98.9 Å². The molecule has 0 spiro atoms. The summed E-state index contributed by atoms with van der Waals surface area (Å²) in [4.78, 5) is 35.8. The molecular weight excluding hydrogens is 1040 g/mol. The van der Waals surface area contributed by atoms with E-state index in [9.17, 15) is 19.0 Å². The number of quaternary nitrogens is 1. The molecular formula is C72H131NO8P+. The van der Waals surface area contributed by atoms with Crippen LogP contribution in [-0.4, -0.2) is 74.9 Å². The molecule has 2 atom stereocenters. The fourth-order valence-corrected chi connectivity index (χ4v) is 10.4. The summed E-state index contributed by atoms with van der Waals surface area (Å²) in [6.45, 7) is 4.32. The van der Waals surface area contributed by atoms with E-state index in [0.29, 0.717) is 17.4 Å². The van der Waals surface area contributed by atoms with Crippen LogP contribution < -0.4 is 0 Å². The number of ether oxygens (including phenoxy) is 2. The van der Waals surface area contributed by atoms with Crippen LogP contribution in [-0.2, 0) is 32.7 Å². The predicted molar refractivity (Wildman–Crippen MR) is 353 cm³/mol. The van der Waals surface area contributed by atoms with Crippen molar-refractivity contribution >= 4 is 19.8 Å². The molecule has 0 aliphatic carbocycles. The number of rotatable bonds is 63. The fourth-order valence-electron chi connectivity index (χ4n) is 9.66. The van der Waals surface area contributed by atoms with E-state index in [4.69, 9.17) is 18.5 Å². The van der Waals surface area contributed by atoms with Gasteiger partial charge in [0.15, 0.2) is 6.10 Å². The Morgan fingerprint density at radius 3 is 1.04 bits per heavy atom. The zero-order valence-corrected chi connectivity index (χ0v) is 55.1.